The van der Waals surface area contributed by atoms with E-state index >= 15 is 0 Å². The molecule has 62 valence electrons. The first-order chi connectivity index (χ1) is 5.83. The highest BCUT2D eigenvalue weighted by Gasteiger charge is 2.04. The largest absolute Gasteiger partial charge is 0.337 e. The van der Waals surface area contributed by atoms with Gasteiger partial charge in [0, 0.05) is 18.0 Å². The fourth-order valence-corrected chi connectivity index (χ4v) is 1.71. The molecule has 2 rings (SSSR count). The van der Waals surface area contributed by atoms with Crippen LogP contribution >= 0.6 is 12.1 Å². The van der Waals surface area contributed by atoms with Gasteiger partial charge >= 0.3 is 0 Å². The SMILES string of the molecule is Cn1c(SF)cc2ccccc21. The molecular weight excluding hydrogens is 173 g/mol. The van der Waals surface area contributed by atoms with Crippen molar-refractivity contribution in [1.82, 2.24) is 4.57 Å². The number of nitrogens with zero attached hydrogens (tertiary/aromatic N) is 1. The number of hydrogen-bond acceptors (Lipinski definition) is 1. The molecule has 0 amide bonds. The van der Waals surface area contributed by atoms with Crippen molar-refractivity contribution in [2.45, 2.75) is 5.03 Å². The molecule has 0 fully saturated rings. The third kappa shape index (κ3) is 1.01. The normalized spacial score (nSPS) is 10.8. The smallest absolute Gasteiger partial charge is 0.109 e. The third-order valence-electron chi connectivity index (χ3n) is 1.99. The zero-order chi connectivity index (χ0) is 8.55. The molecule has 0 spiro atoms. The second-order valence-electron chi connectivity index (χ2n) is 2.68. The molecule has 3 heteroatoms. The van der Waals surface area contributed by atoms with E-state index in [1.165, 1.54) is 0 Å². The van der Waals surface area contributed by atoms with Crippen molar-refractivity contribution in [3.8, 4) is 0 Å². The summed E-state index contributed by atoms with van der Waals surface area (Å²) in [6.07, 6.45) is 0. The molecule has 2 aromatic rings. The van der Waals surface area contributed by atoms with Crippen molar-refractivity contribution in [3.05, 3.63) is 30.3 Å². The van der Waals surface area contributed by atoms with Gasteiger partial charge in [-0.3, -0.25) is 0 Å². The summed E-state index contributed by atoms with van der Waals surface area (Å²) in [5.74, 6) is 0. The van der Waals surface area contributed by atoms with Crippen LogP contribution in [0.1, 0.15) is 0 Å². The van der Waals surface area contributed by atoms with Gasteiger partial charge < -0.3 is 4.57 Å². The molecule has 1 nitrogen and oxygen atoms in total. The van der Waals surface area contributed by atoms with E-state index in [1.54, 1.807) is 0 Å². The number of aryl methyl sites for hydroxylation is 1. The van der Waals surface area contributed by atoms with Crippen LogP contribution in [0.4, 0.5) is 3.89 Å². The molecule has 0 aliphatic heterocycles. The number of rotatable bonds is 1. The lowest BCUT2D eigenvalue weighted by molar-refractivity contribution is 0.832. The van der Waals surface area contributed by atoms with Crippen LogP contribution < -0.4 is 0 Å². The fourth-order valence-electron chi connectivity index (χ4n) is 1.34. The number of halogens is 1. The number of para-hydroxylation sites is 1. The molecular formula is C9H8FNS. The van der Waals surface area contributed by atoms with Gasteiger partial charge in [0.15, 0.2) is 0 Å². The quantitative estimate of drug-likeness (QED) is 0.654. The summed E-state index contributed by atoms with van der Waals surface area (Å²) in [7, 11) is 1.87. The second-order valence-corrected chi connectivity index (χ2v) is 3.25. The average molecular weight is 181 g/mol. The van der Waals surface area contributed by atoms with E-state index in [1.807, 2.05) is 41.9 Å². The fraction of sp³-hybridized carbons (Fsp3) is 0.111. The predicted molar refractivity (Wildman–Crippen MR) is 49.9 cm³/mol. The van der Waals surface area contributed by atoms with Crippen molar-refractivity contribution in [1.29, 1.82) is 0 Å². The molecule has 12 heavy (non-hydrogen) atoms. The molecule has 1 heterocycles. The summed E-state index contributed by atoms with van der Waals surface area (Å²) < 4.78 is 14.2. The zero-order valence-electron chi connectivity index (χ0n) is 6.62. The highest BCUT2D eigenvalue weighted by molar-refractivity contribution is 7.94. The molecule has 0 unspecified atom stereocenters. The molecule has 0 radical (unpaired) electrons. The molecule has 0 aliphatic rings. The van der Waals surface area contributed by atoms with Gasteiger partial charge in [-0.2, -0.15) is 3.89 Å². The Morgan fingerprint density at radius 1 is 1.33 bits per heavy atom. The zero-order valence-corrected chi connectivity index (χ0v) is 7.44. The first-order valence-electron chi connectivity index (χ1n) is 3.66. The van der Waals surface area contributed by atoms with Gasteiger partial charge in [-0.05, 0) is 12.1 Å². The van der Waals surface area contributed by atoms with Crippen molar-refractivity contribution in [3.63, 3.8) is 0 Å². The van der Waals surface area contributed by atoms with Crippen molar-refractivity contribution in [2.75, 3.05) is 0 Å². The number of aromatic nitrogens is 1. The summed E-state index contributed by atoms with van der Waals surface area (Å²) >= 11 is 0.284. The number of fused-ring (bicyclic) bond motifs is 1. The van der Waals surface area contributed by atoms with Gasteiger partial charge in [0.05, 0.1) is 12.1 Å². The Labute approximate surface area is 74.5 Å². The minimum atomic E-state index is 0.284. The van der Waals surface area contributed by atoms with Crippen LogP contribution in [-0.2, 0) is 7.05 Å². The molecule has 1 aromatic carbocycles. The van der Waals surface area contributed by atoms with Crippen molar-refractivity contribution >= 4 is 23.1 Å². The maximum absolute atomic E-state index is 12.3. The number of benzene rings is 1. The second kappa shape index (κ2) is 2.83. The standard InChI is InChI=1S/C9H8FNS/c1-11-8-5-3-2-4-7(8)6-9(11)12-10/h2-6H,1H3. The van der Waals surface area contributed by atoms with Crippen LogP contribution in [0.25, 0.3) is 10.9 Å². The Bertz CT molecular complexity index is 408. The lowest BCUT2D eigenvalue weighted by Gasteiger charge is -1.96. The molecule has 0 saturated heterocycles. The van der Waals surface area contributed by atoms with Crippen LogP contribution in [0.5, 0.6) is 0 Å². The summed E-state index contributed by atoms with van der Waals surface area (Å²) in [6, 6.07) is 9.72. The van der Waals surface area contributed by atoms with Crippen LogP contribution in [0.15, 0.2) is 35.4 Å². The van der Waals surface area contributed by atoms with E-state index in [2.05, 4.69) is 0 Å². The lowest BCUT2D eigenvalue weighted by Crippen LogP contribution is -1.86. The molecule has 0 saturated carbocycles. The molecule has 0 atom stereocenters. The summed E-state index contributed by atoms with van der Waals surface area (Å²) in [6.45, 7) is 0. The number of hydrogen-bond donors (Lipinski definition) is 0. The van der Waals surface area contributed by atoms with Gasteiger partial charge in [0.2, 0.25) is 0 Å². The summed E-state index contributed by atoms with van der Waals surface area (Å²) in [4.78, 5) is 0. The topological polar surface area (TPSA) is 4.93 Å². The minimum absolute atomic E-state index is 0.284. The average Bonchev–Trinajstić information content (AvgIpc) is 2.44. The van der Waals surface area contributed by atoms with Gasteiger partial charge in [-0.15, -0.1) is 0 Å². The van der Waals surface area contributed by atoms with E-state index in [9.17, 15) is 3.89 Å². The highest BCUT2D eigenvalue weighted by atomic mass is 32.2. The molecule has 0 bridgehead atoms. The minimum Gasteiger partial charge on any atom is -0.337 e. The Balaban J connectivity index is 2.78. The predicted octanol–water partition coefficient (Wildman–Crippen LogP) is 3.15. The first-order valence-corrected chi connectivity index (χ1v) is 4.37. The first kappa shape index (κ1) is 7.68. The van der Waals surface area contributed by atoms with Gasteiger partial charge in [0.25, 0.3) is 0 Å². The van der Waals surface area contributed by atoms with Crippen LogP contribution in [0.3, 0.4) is 0 Å². The molecule has 0 N–H and O–H groups in total. The van der Waals surface area contributed by atoms with Crippen molar-refractivity contribution < 1.29 is 3.89 Å². The Morgan fingerprint density at radius 3 is 2.75 bits per heavy atom. The van der Waals surface area contributed by atoms with Crippen molar-refractivity contribution in [2.24, 2.45) is 7.05 Å². The van der Waals surface area contributed by atoms with Gasteiger partial charge in [-0.25, -0.2) is 0 Å². The van der Waals surface area contributed by atoms with Crippen LogP contribution in [0.2, 0.25) is 0 Å². The monoisotopic (exact) mass is 181 g/mol. The van der Waals surface area contributed by atoms with E-state index in [-0.39, 0.29) is 12.1 Å². The Kier molecular flexibility index (Phi) is 1.81. The highest BCUT2D eigenvalue weighted by Crippen LogP contribution is 2.26. The van der Waals surface area contributed by atoms with E-state index in [0.717, 1.165) is 10.9 Å². The van der Waals surface area contributed by atoms with Crippen LogP contribution in [-0.4, -0.2) is 4.57 Å². The molecule has 0 aliphatic carbocycles. The molecule has 1 aromatic heterocycles. The van der Waals surface area contributed by atoms with Gasteiger partial charge in [-0.1, -0.05) is 18.2 Å². The Morgan fingerprint density at radius 2 is 2.08 bits per heavy atom. The lowest BCUT2D eigenvalue weighted by atomic mass is 10.2. The van der Waals surface area contributed by atoms with E-state index < -0.39 is 0 Å². The van der Waals surface area contributed by atoms with E-state index in [0.29, 0.717) is 5.03 Å². The maximum atomic E-state index is 12.3. The Hall–Kier alpha value is -0.960. The third-order valence-corrected chi connectivity index (χ3v) is 2.54. The summed E-state index contributed by atoms with van der Waals surface area (Å²) in [5, 5.41) is 1.73. The van der Waals surface area contributed by atoms with E-state index in [4.69, 9.17) is 0 Å². The summed E-state index contributed by atoms with van der Waals surface area (Å²) in [5.41, 5.74) is 1.07. The maximum Gasteiger partial charge on any atom is 0.109 e. The van der Waals surface area contributed by atoms with Crippen LogP contribution in [0, 0.1) is 0 Å². The van der Waals surface area contributed by atoms with Gasteiger partial charge in [0.1, 0.15) is 5.03 Å².